The van der Waals surface area contributed by atoms with Gasteiger partial charge < -0.3 is 20.1 Å². The first-order valence-electron chi connectivity index (χ1n) is 8.25. The standard InChI is InChI=1S/C17H20ClFN2O4/c18-12-6-11(7-13(19)8-12)9-20-15(22)17(24)3-4-21(16(17)23)10-14-2-1-5-25-14/h6-8,14,24H,1-5,9-10H2,(H,20,22)/t14-,17?/m1/s1. The average molecular weight is 371 g/mol. The summed E-state index contributed by atoms with van der Waals surface area (Å²) in [6, 6.07) is 3.90. The summed E-state index contributed by atoms with van der Waals surface area (Å²) >= 11 is 5.77. The van der Waals surface area contributed by atoms with E-state index >= 15 is 0 Å². The van der Waals surface area contributed by atoms with Crippen molar-refractivity contribution in [1.82, 2.24) is 10.2 Å². The van der Waals surface area contributed by atoms with Crippen LogP contribution < -0.4 is 5.32 Å². The summed E-state index contributed by atoms with van der Waals surface area (Å²) in [6.07, 6.45) is 1.81. The van der Waals surface area contributed by atoms with Crippen molar-refractivity contribution in [2.24, 2.45) is 0 Å². The molecule has 2 aliphatic heterocycles. The van der Waals surface area contributed by atoms with Crippen LogP contribution in [-0.4, -0.2) is 53.2 Å². The molecule has 2 atom stereocenters. The van der Waals surface area contributed by atoms with E-state index in [2.05, 4.69) is 5.32 Å². The summed E-state index contributed by atoms with van der Waals surface area (Å²) in [5, 5.41) is 13.2. The Balaban J connectivity index is 1.59. The molecule has 0 bridgehead atoms. The molecule has 136 valence electrons. The molecule has 0 radical (unpaired) electrons. The van der Waals surface area contributed by atoms with Gasteiger partial charge in [-0.05, 0) is 36.6 Å². The molecule has 8 heteroatoms. The molecule has 3 rings (SSSR count). The molecule has 2 amide bonds. The van der Waals surface area contributed by atoms with Gasteiger partial charge in [0.15, 0.2) is 0 Å². The molecule has 25 heavy (non-hydrogen) atoms. The third kappa shape index (κ3) is 3.94. The van der Waals surface area contributed by atoms with Crippen LogP contribution in [0.4, 0.5) is 4.39 Å². The Morgan fingerprint density at radius 1 is 1.48 bits per heavy atom. The molecule has 2 fully saturated rings. The molecule has 0 aromatic heterocycles. The Hall–Kier alpha value is -1.70. The number of carbonyl (C=O) groups is 2. The molecular weight excluding hydrogens is 351 g/mol. The molecule has 0 spiro atoms. The van der Waals surface area contributed by atoms with E-state index in [9.17, 15) is 19.1 Å². The van der Waals surface area contributed by atoms with Crippen molar-refractivity contribution in [3.63, 3.8) is 0 Å². The second kappa shape index (κ2) is 7.27. The largest absolute Gasteiger partial charge is 0.376 e. The van der Waals surface area contributed by atoms with Gasteiger partial charge >= 0.3 is 0 Å². The molecule has 1 aromatic rings. The van der Waals surface area contributed by atoms with Crippen LogP contribution in [0.1, 0.15) is 24.8 Å². The van der Waals surface area contributed by atoms with Crippen molar-refractivity contribution in [3.8, 4) is 0 Å². The van der Waals surface area contributed by atoms with Gasteiger partial charge in [0.25, 0.3) is 11.8 Å². The van der Waals surface area contributed by atoms with Gasteiger partial charge in [-0.2, -0.15) is 0 Å². The average Bonchev–Trinajstić information content (AvgIpc) is 3.16. The van der Waals surface area contributed by atoms with Crippen LogP contribution in [0.2, 0.25) is 5.02 Å². The Morgan fingerprint density at radius 2 is 2.28 bits per heavy atom. The maximum atomic E-state index is 13.3. The first-order valence-corrected chi connectivity index (χ1v) is 8.63. The number of hydrogen-bond acceptors (Lipinski definition) is 4. The third-order valence-electron chi connectivity index (χ3n) is 4.58. The number of amides is 2. The smallest absolute Gasteiger partial charge is 0.264 e. The fourth-order valence-electron chi connectivity index (χ4n) is 3.23. The van der Waals surface area contributed by atoms with Crippen molar-refractivity contribution in [2.75, 3.05) is 19.7 Å². The molecule has 0 aliphatic carbocycles. The van der Waals surface area contributed by atoms with E-state index in [1.807, 2.05) is 0 Å². The van der Waals surface area contributed by atoms with Gasteiger partial charge in [-0.3, -0.25) is 9.59 Å². The predicted molar refractivity (Wildman–Crippen MR) is 88.4 cm³/mol. The highest BCUT2D eigenvalue weighted by molar-refractivity contribution is 6.30. The molecule has 1 aromatic carbocycles. The van der Waals surface area contributed by atoms with Gasteiger partial charge in [-0.15, -0.1) is 0 Å². The minimum Gasteiger partial charge on any atom is -0.376 e. The Bertz CT molecular complexity index is 660. The lowest BCUT2D eigenvalue weighted by Gasteiger charge is -2.23. The second-order valence-corrected chi connectivity index (χ2v) is 6.89. The fourth-order valence-corrected chi connectivity index (χ4v) is 3.47. The number of ether oxygens (including phenoxy) is 1. The number of aliphatic hydroxyl groups is 1. The van der Waals surface area contributed by atoms with Gasteiger partial charge in [-0.1, -0.05) is 11.6 Å². The summed E-state index contributed by atoms with van der Waals surface area (Å²) in [7, 11) is 0. The number of hydrogen-bond donors (Lipinski definition) is 2. The summed E-state index contributed by atoms with van der Waals surface area (Å²) in [6.45, 7) is 1.33. The maximum Gasteiger partial charge on any atom is 0.264 e. The summed E-state index contributed by atoms with van der Waals surface area (Å²) < 4.78 is 18.8. The number of rotatable bonds is 5. The van der Waals surface area contributed by atoms with Crippen molar-refractivity contribution in [3.05, 3.63) is 34.6 Å². The zero-order chi connectivity index (χ0) is 18.0. The second-order valence-electron chi connectivity index (χ2n) is 6.46. The van der Waals surface area contributed by atoms with E-state index < -0.39 is 23.2 Å². The van der Waals surface area contributed by atoms with Crippen LogP contribution in [-0.2, 0) is 20.9 Å². The molecular formula is C17H20ClFN2O4. The Morgan fingerprint density at radius 3 is 2.96 bits per heavy atom. The van der Waals surface area contributed by atoms with Crippen LogP contribution >= 0.6 is 11.6 Å². The third-order valence-corrected chi connectivity index (χ3v) is 4.80. The lowest BCUT2D eigenvalue weighted by molar-refractivity contribution is -0.155. The lowest BCUT2D eigenvalue weighted by atomic mass is 10.0. The van der Waals surface area contributed by atoms with Gasteiger partial charge in [-0.25, -0.2) is 4.39 Å². The van der Waals surface area contributed by atoms with Crippen LogP contribution in [0, 0.1) is 5.82 Å². The molecule has 2 saturated heterocycles. The van der Waals surface area contributed by atoms with Crippen LogP contribution in [0.3, 0.4) is 0 Å². The van der Waals surface area contributed by atoms with E-state index in [1.54, 1.807) is 0 Å². The van der Waals surface area contributed by atoms with Gasteiger partial charge in [0, 0.05) is 37.7 Å². The lowest BCUT2D eigenvalue weighted by Crippen LogP contribution is -2.52. The van der Waals surface area contributed by atoms with Gasteiger partial charge in [0.2, 0.25) is 5.60 Å². The maximum absolute atomic E-state index is 13.3. The van der Waals surface area contributed by atoms with E-state index in [4.69, 9.17) is 16.3 Å². The highest BCUT2D eigenvalue weighted by Crippen LogP contribution is 2.25. The van der Waals surface area contributed by atoms with E-state index in [0.717, 1.165) is 18.9 Å². The van der Waals surface area contributed by atoms with Crippen LogP contribution in [0.15, 0.2) is 18.2 Å². The zero-order valence-electron chi connectivity index (χ0n) is 13.6. The number of likely N-dealkylation sites (tertiary alicyclic amines) is 1. The highest BCUT2D eigenvalue weighted by Gasteiger charge is 2.51. The number of nitrogens with zero attached hydrogens (tertiary/aromatic N) is 1. The number of benzene rings is 1. The minimum atomic E-state index is -2.09. The fraction of sp³-hybridized carbons (Fsp3) is 0.529. The first kappa shape index (κ1) is 18.1. The molecule has 2 heterocycles. The topological polar surface area (TPSA) is 78.9 Å². The van der Waals surface area contributed by atoms with Gasteiger partial charge in [0.1, 0.15) is 5.82 Å². The summed E-state index contributed by atoms with van der Waals surface area (Å²) in [5.41, 5.74) is -1.64. The molecule has 1 unspecified atom stereocenters. The monoisotopic (exact) mass is 370 g/mol. The summed E-state index contributed by atoms with van der Waals surface area (Å²) in [5.74, 6) is -1.92. The first-order chi connectivity index (χ1) is 11.9. The van der Waals surface area contributed by atoms with Crippen molar-refractivity contribution in [1.29, 1.82) is 0 Å². The molecule has 2 aliphatic rings. The van der Waals surface area contributed by atoms with E-state index in [0.29, 0.717) is 25.3 Å². The molecule has 2 N–H and O–H groups in total. The van der Waals surface area contributed by atoms with Crippen molar-refractivity contribution < 1.29 is 23.8 Å². The van der Waals surface area contributed by atoms with E-state index in [1.165, 1.54) is 17.0 Å². The van der Waals surface area contributed by atoms with Crippen LogP contribution in [0.5, 0.6) is 0 Å². The predicted octanol–water partition coefficient (Wildman–Crippen LogP) is 1.24. The van der Waals surface area contributed by atoms with Crippen molar-refractivity contribution >= 4 is 23.4 Å². The normalized spacial score (nSPS) is 26.3. The highest BCUT2D eigenvalue weighted by atomic mass is 35.5. The van der Waals surface area contributed by atoms with Crippen LogP contribution in [0.25, 0.3) is 0 Å². The number of nitrogens with one attached hydrogen (secondary N) is 1. The van der Waals surface area contributed by atoms with Gasteiger partial charge in [0.05, 0.1) is 6.10 Å². The quantitative estimate of drug-likeness (QED) is 0.764. The molecule has 6 nitrogen and oxygen atoms in total. The summed E-state index contributed by atoms with van der Waals surface area (Å²) in [4.78, 5) is 26.3. The number of carbonyl (C=O) groups excluding carboxylic acids is 2. The van der Waals surface area contributed by atoms with Crippen molar-refractivity contribution in [2.45, 2.75) is 37.5 Å². The zero-order valence-corrected chi connectivity index (χ0v) is 14.4. The van der Waals surface area contributed by atoms with E-state index in [-0.39, 0.29) is 24.1 Å². The minimum absolute atomic E-state index is 0.0221. The SMILES string of the molecule is O=C(NCc1cc(F)cc(Cl)c1)C1(O)CCN(C[C@H]2CCCO2)C1=O. The Labute approximate surface area is 149 Å². The Kier molecular flexibility index (Phi) is 5.27. The number of halogens is 2. The molecule has 0 saturated carbocycles.